The van der Waals surface area contributed by atoms with Crippen molar-refractivity contribution >= 4 is 5.97 Å². The molecular weight excluding hydrogens is 252 g/mol. The summed E-state index contributed by atoms with van der Waals surface area (Å²) in [6.07, 6.45) is 4.65. The lowest BCUT2D eigenvalue weighted by Crippen LogP contribution is -2.06. The van der Waals surface area contributed by atoms with Crippen molar-refractivity contribution in [2.24, 2.45) is 0 Å². The highest BCUT2D eigenvalue weighted by molar-refractivity contribution is 5.73. The second-order valence-corrected chi connectivity index (χ2v) is 4.64. The van der Waals surface area contributed by atoms with E-state index in [-0.39, 0.29) is 5.97 Å². The van der Waals surface area contributed by atoms with Gasteiger partial charge in [0.25, 0.3) is 0 Å². The molecule has 0 saturated carbocycles. The van der Waals surface area contributed by atoms with Crippen LogP contribution in [0.3, 0.4) is 0 Å². The predicted octanol–water partition coefficient (Wildman–Crippen LogP) is 2.73. The Hall–Kier alpha value is -2.23. The van der Waals surface area contributed by atoms with Gasteiger partial charge < -0.3 is 4.74 Å². The molecule has 2 rings (SSSR count). The zero-order valence-electron chi connectivity index (χ0n) is 12.0. The SMILES string of the molecule is CCc1cc(-c2cncc(C)n2)ccc1CC(=O)OC. The van der Waals surface area contributed by atoms with E-state index in [4.69, 9.17) is 4.74 Å². The third-order valence-corrected chi connectivity index (χ3v) is 3.20. The van der Waals surface area contributed by atoms with Gasteiger partial charge in [0.2, 0.25) is 0 Å². The van der Waals surface area contributed by atoms with E-state index in [9.17, 15) is 4.79 Å². The summed E-state index contributed by atoms with van der Waals surface area (Å²) in [7, 11) is 1.41. The number of hydrogen-bond donors (Lipinski definition) is 0. The first-order chi connectivity index (χ1) is 9.63. The number of nitrogens with zero attached hydrogens (tertiary/aromatic N) is 2. The Morgan fingerprint density at radius 1 is 1.25 bits per heavy atom. The lowest BCUT2D eigenvalue weighted by Gasteiger charge is -2.09. The fraction of sp³-hybridized carbons (Fsp3) is 0.312. The quantitative estimate of drug-likeness (QED) is 0.802. The third-order valence-electron chi connectivity index (χ3n) is 3.20. The molecule has 1 aromatic heterocycles. The number of carbonyl (C=O) groups excluding carboxylic acids is 1. The van der Waals surface area contributed by atoms with Gasteiger partial charge in [-0.3, -0.25) is 9.78 Å². The Bertz CT molecular complexity index is 624. The summed E-state index contributed by atoms with van der Waals surface area (Å²) in [6.45, 7) is 3.99. The second kappa shape index (κ2) is 6.28. The topological polar surface area (TPSA) is 52.1 Å². The number of rotatable bonds is 4. The number of aromatic nitrogens is 2. The van der Waals surface area contributed by atoms with E-state index < -0.39 is 0 Å². The van der Waals surface area contributed by atoms with Crippen molar-refractivity contribution in [2.45, 2.75) is 26.7 Å². The highest BCUT2D eigenvalue weighted by Gasteiger charge is 2.09. The Labute approximate surface area is 118 Å². The first-order valence-electron chi connectivity index (χ1n) is 6.61. The monoisotopic (exact) mass is 270 g/mol. The number of aryl methyl sites for hydroxylation is 2. The van der Waals surface area contributed by atoms with Gasteiger partial charge >= 0.3 is 5.97 Å². The Morgan fingerprint density at radius 2 is 2.05 bits per heavy atom. The molecular formula is C16H18N2O2. The van der Waals surface area contributed by atoms with Gasteiger partial charge in [-0.1, -0.05) is 19.1 Å². The maximum absolute atomic E-state index is 11.4. The fourth-order valence-corrected chi connectivity index (χ4v) is 2.12. The first-order valence-corrected chi connectivity index (χ1v) is 6.61. The standard InChI is InChI=1S/C16H18N2O2/c1-4-12-7-14(15-10-17-9-11(2)18-15)6-5-13(12)8-16(19)20-3/h5-7,9-10H,4,8H2,1-3H3. The number of ether oxygens (including phenoxy) is 1. The van der Waals surface area contributed by atoms with Crippen molar-refractivity contribution in [3.63, 3.8) is 0 Å². The molecule has 4 heteroatoms. The number of benzene rings is 1. The lowest BCUT2D eigenvalue weighted by atomic mass is 9.98. The predicted molar refractivity (Wildman–Crippen MR) is 77.3 cm³/mol. The van der Waals surface area contributed by atoms with Crippen LogP contribution in [0.25, 0.3) is 11.3 Å². The molecule has 0 aliphatic carbocycles. The van der Waals surface area contributed by atoms with Gasteiger partial charge in [-0.2, -0.15) is 0 Å². The van der Waals surface area contributed by atoms with Gasteiger partial charge in [0, 0.05) is 11.8 Å². The van der Waals surface area contributed by atoms with E-state index in [1.54, 1.807) is 12.4 Å². The molecule has 20 heavy (non-hydrogen) atoms. The van der Waals surface area contributed by atoms with E-state index in [2.05, 4.69) is 23.0 Å². The molecule has 0 amide bonds. The molecule has 1 aromatic carbocycles. The van der Waals surface area contributed by atoms with Crippen LogP contribution in [0.4, 0.5) is 0 Å². The zero-order valence-corrected chi connectivity index (χ0v) is 12.0. The van der Waals surface area contributed by atoms with Crippen molar-refractivity contribution in [3.8, 4) is 11.3 Å². The minimum absolute atomic E-state index is 0.220. The van der Waals surface area contributed by atoms with Crippen molar-refractivity contribution in [2.75, 3.05) is 7.11 Å². The maximum Gasteiger partial charge on any atom is 0.309 e. The number of carbonyl (C=O) groups is 1. The van der Waals surface area contributed by atoms with Gasteiger partial charge in [-0.05, 0) is 30.5 Å². The Kier molecular flexibility index (Phi) is 4.45. The molecule has 0 aliphatic rings. The molecule has 0 bridgehead atoms. The van der Waals surface area contributed by atoms with Crippen LogP contribution in [0.5, 0.6) is 0 Å². The van der Waals surface area contributed by atoms with E-state index in [0.29, 0.717) is 6.42 Å². The van der Waals surface area contributed by atoms with Crippen LogP contribution in [-0.2, 0) is 22.4 Å². The largest absolute Gasteiger partial charge is 0.469 e. The average molecular weight is 270 g/mol. The molecule has 0 N–H and O–H groups in total. The van der Waals surface area contributed by atoms with Crippen LogP contribution in [0.15, 0.2) is 30.6 Å². The number of esters is 1. The average Bonchev–Trinajstić information content (AvgIpc) is 2.47. The van der Waals surface area contributed by atoms with Gasteiger partial charge in [-0.15, -0.1) is 0 Å². The molecule has 0 atom stereocenters. The summed E-state index contributed by atoms with van der Waals surface area (Å²) in [5.74, 6) is -0.220. The van der Waals surface area contributed by atoms with Crippen molar-refractivity contribution in [3.05, 3.63) is 47.4 Å². The minimum atomic E-state index is -0.220. The smallest absolute Gasteiger partial charge is 0.309 e. The molecule has 0 radical (unpaired) electrons. The molecule has 104 valence electrons. The Balaban J connectivity index is 2.36. The van der Waals surface area contributed by atoms with Gasteiger partial charge in [0.05, 0.1) is 31.1 Å². The Morgan fingerprint density at radius 3 is 2.70 bits per heavy atom. The van der Waals surface area contributed by atoms with Crippen molar-refractivity contribution < 1.29 is 9.53 Å². The lowest BCUT2D eigenvalue weighted by molar-refractivity contribution is -0.139. The van der Waals surface area contributed by atoms with Crippen LogP contribution in [-0.4, -0.2) is 23.0 Å². The van der Waals surface area contributed by atoms with E-state index in [1.165, 1.54) is 7.11 Å². The van der Waals surface area contributed by atoms with Gasteiger partial charge in [0.15, 0.2) is 0 Å². The normalized spacial score (nSPS) is 10.3. The van der Waals surface area contributed by atoms with Crippen LogP contribution in [0.1, 0.15) is 23.7 Å². The maximum atomic E-state index is 11.4. The van der Waals surface area contributed by atoms with E-state index >= 15 is 0 Å². The summed E-state index contributed by atoms with van der Waals surface area (Å²) in [5, 5.41) is 0. The van der Waals surface area contributed by atoms with Crippen LogP contribution >= 0.6 is 0 Å². The number of methoxy groups -OCH3 is 1. The molecule has 4 nitrogen and oxygen atoms in total. The highest BCUT2D eigenvalue weighted by atomic mass is 16.5. The summed E-state index contributed by atoms with van der Waals surface area (Å²) in [5.41, 5.74) is 4.90. The molecule has 1 heterocycles. The zero-order chi connectivity index (χ0) is 14.5. The molecule has 0 fully saturated rings. The molecule has 2 aromatic rings. The van der Waals surface area contributed by atoms with Crippen molar-refractivity contribution in [1.29, 1.82) is 0 Å². The fourth-order valence-electron chi connectivity index (χ4n) is 2.12. The van der Waals surface area contributed by atoms with Crippen LogP contribution in [0.2, 0.25) is 0 Å². The van der Waals surface area contributed by atoms with E-state index in [0.717, 1.165) is 34.5 Å². The third kappa shape index (κ3) is 3.20. The second-order valence-electron chi connectivity index (χ2n) is 4.64. The van der Waals surface area contributed by atoms with Crippen LogP contribution < -0.4 is 0 Å². The van der Waals surface area contributed by atoms with Gasteiger partial charge in [0.1, 0.15) is 0 Å². The minimum Gasteiger partial charge on any atom is -0.469 e. The molecule has 0 aliphatic heterocycles. The van der Waals surface area contributed by atoms with E-state index in [1.807, 2.05) is 19.1 Å². The van der Waals surface area contributed by atoms with Gasteiger partial charge in [-0.25, -0.2) is 4.98 Å². The summed E-state index contributed by atoms with van der Waals surface area (Å²) in [6, 6.07) is 6.01. The highest BCUT2D eigenvalue weighted by Crippen LogP contribution is 2.21. The molecule has 0 spiro atoms. The number of hydrogen-bond acceptors (Lipinski definition) is 4. The summed E-state index contributed by atoms with van der Waals surface area (Å²) < 4.78 is 4.72. The van der Waals surface area contributed by atoms with Crippen molar-refractivity contribution in [1.82, 2.24) is 9.97 Å². The van der Waals surface area contributed by atoms with Crippen LogP contribution in [0, 0.1) is 6.92 Å². The summed E-state index contributed by atoms with van der Waals surface area (Å²) in [4.78, 5) is 20.0. The molecule has 0 unspecified atom stereocenters. The first kappa shape index (κ1) is 14.2. The summed E-state index contributed by atoms with van der Waals surface area (Å²) >= 11 is 0. The molecule has 0 saturated heterocycles.